The summed E-state index contributed by atoms with van der Waals surface area (Å²) in [6.07, 6.45) is 0. The predicted octanol–water partition coefficient (Wildman–Crippen LogP) is 4.16. The highest BCUT2D eigenvalue weighted by Gasteiger charge is 2.10. The first kappa shape index (κ1) is 14.7. The van der Waals surface area contributed by atoms with Crippen LogP contribution in [0, 0.1) is 0 Å². The van der Waals surface area contributed by atoms with Gasteiger partial charge in [-0.2, -0.15) is 0 Å². The summed E-state index contributed by atoms with van der Waals surface area (Å²) in [5.41, 5.74) is 1.00. The lowest BCUT2D eigenvalue weighted by Gasteiger charge is -2.07. The van der Waals surface area contributed by atoms with Crippen LogP contribution in [0.1, 0.15) is 20.7 Å². The first-order valence-corrected chi connectivity index (χ1v) is 7.15. The Balaban J connectivity index is 2.26. The molecular weight excluding hydrogens is 390 g/mol. The van der Waals surface area contributed by atoms with Crippen LogP contribution in [0.3, 0.4) is 0 Å². The number of aromatic carboxylic acids is 1. The zero-order chi connectivity index (χ0) is 14.7. The number of rotatable bonds is 3. The predicted molar refractivity (Wildman–Crippen MR) is 83.2 cm³/mol. The third-order valence-corrected chi connectivity index (χ3v) is 3.44. The van der Waals surface area contributed by atoms with Gasteiger partial charge in [0.25, 0.3) is 5.91 Å². The van der Waals surface area contributed by atoms with Gasteiger partial charge in [-0.25, -0.2) is 4.79 Å². The van der Waals surface area contributed by atoms with Crippen LogP contribution in [-0.2, 0) is 0 Å². The normalized spacial score (nSPS) is 10.1. The van der Waals surface area contributed by atoms with Crippen LogP contribution in [0.4, 0.5) is 5.69 Å². The van der Waals surface area contributed by atoms with Gasteiger partial charge in [0.15, 0.2) is 0 Å². The topological polar surface area (TPSA) is 66.4 Å². The molecule has 0 radical (unpaired) electrons. The molecule has 2 aromatic carbocycles. The Morgan fingerprint density at radius 3 is 2.30 bits per heavy atom. The molecule has 0 fully saturated rings. The molecule has 0 saturated heterocycles. The maximum Gasteiger partial charge on any atom is 0.335 e. The summed E-state index contributed by atoms with van der Waals surface area (Å²) in [7, 11) is 0. The number of carbonyl (C=O) groups is 2. The lowest BCUT2D eigenvalue weighted by Crippen LogP contribution is -2.12. The van der Waals surface area contributed by atoms with Gasteiger partial charge in [-0.15, -0.1) is 0 Å². The van der Waals surface area contributed by atoms with Gasteiger partial charge in [-0.1, -0.05) is 37.9 Å². The van der Waals surface area contributed by atoms with Crippen molar-refractivity contribution in [3.63, 3.8) is 0 Å². The van der Waals surface area contributed by atoms with E-state index in [0.29, 0.717) is 15.7 Å². The molecule has 0 unspecified atom stereocenters. The number of hydrogen-bond acceptors (Lipinski definition) is 2. The third kappa shape index (κ3) is 3.68. The standard InChI is InChI=1S/C14H9Br2NO3/c15-10-3-1-2-8(4-10)13(18)17-12-6-9(14(19)20)5-11(16)7-12/h1-7H,(H,17,18)(H,19,20). The quantitative estimate of drug-likeness (QED) is 0.815. The number of benzene rings is 2. The highest BCUT2D eigenvalue weighted by Crippen LogP contribution is 2.21. The van der Waals surface area contributed by atoms with Crippen LogP contribution in [0.25, 0.3) is 0 Å². The summed E-state index contributed by atoms with van der Waals surface area (Å²) in [6, 6.07) is 11.4. The minimum atomic E-state index is -1.05. The van der Waals surface area contributed by atoms with Crippen molar-refractivity contribution in [1.82, 2.24) is 0 Å². The first-order chi connectivity index (χ1) is 9.45. The Morgan fingerprint density at radius 1 is 0.950 bits per heavy atom. The van der Waals surface area contributed by atoms with Crippen LogP contribution >= 0.6 is 31.9 Å². The van der Waals surface area contributed by atoms with Crippen molar-refractivity contribution in [2.24, 2.45) is 0 Å². The molecule has 0 aliphatic carbocycles. The number of halogens is 2. The number of amides is 1. The minimum absolute atomic E-state index is 0.101. The second kappa shape index (κ2) is 6.19. The molecule has 102 valence electrons. The summed E-state index contributed by atoms with van der Waals surface area (Å²) < 4.78 is 1.38. The molecule has 0 heterocycles. The maximum atomic E-state index is 12.1. The fourth-order valence-electron chi connectivity index (χ4n) is 1.62. The van der Waals surface area contributed by atoms with Crippen LogP contribution in [0.2, 0.25) is 0 Å². The van der Waals surface area contributed by atoms with Gasteiger partial charge in [-0.3, -0.25) is 4.79 Å². The maximum absolute atomic E-state index is 12.1. The Hall–Kier alpha value is -1.66. The zero-order valence-electron chi connectivity index (χ0n) is 10.1. The Morgan fingerprint density at radius 2 is 1.65 bits per heavy atom. The summed E-state index contributed by atoms with van der Waals surface area (Å²) in [6.45, 7) is 0. The van der Waals surface area contributed by atoms with Crippen LogP contribution in [0.5, 0.6) is 0 Å². The van der Waals surface area contributed by atoms with Crippen molar-refractivity contribution in [3.8, 4) is 0 Å². The van der Waals surface area contributed by atoms with Gasteiger partial charge in [0.1, 0.15) is 0 Å². The molecule has 0 aliphatic rings. The monoisotopic (exact) mass is 397 g/mol. The van der Waals surface area contributed by atoms with Gasteiger partial charge in [-0.05, 0) is 36.4 Å². The van der Waals surface area contributed by atoms with E-state index in [1.807, 2.05) is 6.07 Å². The van der Waals surface area contributed by atoms with Crippen molar-refractivity contribution in [2.75, 3.05) is 5.32 Å². The lowest BCUT2D eigenvalue weighted by atomic mass is 10.2. The molecule has 0 saturated carbocycles. The summed E-state index contributed by atoms with van der Waals surface area (Å²) in [5.74, 6) is -1.36. The molecule has 0 atom stereocenters. The molecule has 6 heteroatoms. The minimum Gasteiger partial charge on any atom is -0.478 e. The van der Waals surface area contributed by atoms with Crippen molar-refractivity contribution in [1.29, 1.82) is 0 Å². The lowest BCUT2D eigenvalue weighted by molar-refractivity contribution is 0.0696. The number of carboxylic acid groups (broad SMARTS) is 1. The number of carboxylic acids is 1. The fourth-order valence-corrected chi connectivity index (χ4v) is 2.51. The second-order valence-corrected chi connectivity index (χ2v) is 5.83. The van der Waals surface area contributed by atoms with E-state index in [1.165, 1.54) is 12.1 Å². The Kier molecular flexibility index (Phi) is 4.57. The molecular formula is C14H9Br2NO3. The van der Waals surface area contributed by atoms with E-state index >= 15 is 0 Å². The van der Waals surface area contributed by atoms with Crippen LogP contribution in [0.15, 0.2) is 51.4 Å². The van der Waals surface area contributed by atoms with Gasteiger partial charge in [0.2, 0.25) is 0 Å². The van der Waals surface area contributed by atoms with Gasteiger partial charge in [0.05, 0.1) is 5.56 Å². The molecule has 20 heavy (non-hydrogen) atoms. The molecule has 4 nitrogen and oxygen atoms in total. The molecule has 2 N–H and O–H groups in total. The van der Waals surface area contributed by atoms with Crippen molar-refractivity contribution in [3.05, 3.63) is 62.5 Å². The van der Waals surface area contributed by atoms with E-state index < -0.39 is 5.97 Å². The molecule has 2 aromatic rings. The van der Waals surface area contributed by atoms with Gasteiger partial charge >= 0.3 is 5.97 Å². The van der Waals surface area contributed by atoms with Gasteiger partial charge < -0.3 is 10.4 Å². The second-order valence-electron chi connectivity index (χ2n) is 4.00. The average Bonchev–Trinajstić information content (AvgIpc) is 2.37. The first-order valence-electron chi connectivity index (χ1n) is 5.56. The highest BCUT2D eigenvalue weighted by atomic mass is 79.9. The molecule has 0 spiro atoms. The SMILES string of the molecule is O=C(O)c1cc(Br)cc(NC(=O)c2cccc(Br)c2)c1. The Labute approximate surface area is 132 Å². The summed E-state index contributed by atoms with van der Waals surface area (Å²) >= 11 is 6.51. The van der Waals surface area contributed by atoms with Gasteiger partial charge in [0, 0.05) is 20.2 Å². The molecule has 0 aromatic heterocycles. The van der Waals surface area contributed by atoms with Crippen molar-refractivity contribution >= 4 is 49.4 Å². The summed E-state index contributed by atoms with van der Waals surface area (Å²) in [4.78, 5) is 23.0. The van der Waals surface area contributed by atoms with E-state index in [-0.39, 0.29) is 11.5 Å². The van der Waals surface area contributed by atoms with Crippen LogP contribution < -0.4 is 5.32 Å². The average molecular weight is 399 g/mol. The highest BCUT2D eigenvalue weighted by molar-refractivity contribution is 9.10. The molecule has 0 aliphatic heterocycles. The van der Waals surface area contributed by atoms with E-state index in [4.69, 9.17) is 5.11 Å². The zero-order valence-corrected chi connectivity index (χ0v) is 13.2. The van der Waals surface area contributed by atoms with E-state index in [9.17, 15) is 9.59 Å². The number of hydrogen-bond donors (Lipinski definition) is 2. The van der Waals surface area contributed by atoms with E-state index in [2.05, 4.69) is 37.2 Å². The molecule has 0 bridgehead atoms. The molecule has 2 rings (SSSR count). The number of carbonyl (C=O) groups excluding carboxylic acids is 1. The van der Waals surface area contributed by atoms with E-state index in [1.54, 1.807) is 24.3 Å². The van der Waals surface area contributed by atoms with Crippen molar-refractivity contribution < 1.29 is 14.7 Å². The third-order valence-electron chi connectivity index (χ3n) is 2.49. The Bertz CT molecular complexity index is 686. The molecule has 1 amide bonds. The van der Waals surface area contributed by atoms with Crippen LogP contribution in [-0.4, -0.2) is 17.0 Å². The summed E-state index contributed by atoms with van der Waals surface area (Å²) in [5, 5.41) is 11.6. The fraction of sp³-hybridized carbons (Fsp3) is 0. The van der Waals surface area contributed by atoms with E-state index in [0.717, 1.165) is 4.47 Å². The smallest absolute Gasteiger partial charge is 0.335 e. The number of nitrogens with one attached hydrogen (secondary N) is 1. The van der Waals surface area contributed by atoms with Crippen molar-refractivity contribution in [2.45, 2.75) is 0 Å². The number of anilines is 1. The largest absolute Gasteiger partial charge is 0.478 e.